The fourth-order valence-electron chi connectivity index (χ4n) is 9.19. The zero-order valence-corrected chi connectivity index (χ0v) is 30.8. The molecule has 0 aliphatic heterocycles. The lowest BCUT2D eigenvalue weighted by atomic mass is 9.67. The van der Waals surface area contributed by atoms with Crippen LogP contribution in [0.25, 0.3) is 44.8 Å². The van der Waals surface area contributed by atoms with Crippen LogP contribution in [-0.2, 0) is 0 Å². The summed E-state index contributed by atoms with van der Waals surface area (Å²) in [5.74, 6) is 0.317. The number of fused-ring (bicyclic) bond motifs is 2. The van der Waals surface area contributed by atoms with E-state index >= 15 is 0 Å². The van der Waals surface area contributed by atoms with E-state index in [-0.39, 0.29) is 11.8 Å². The SMILES string of the molecule is C1=Cc2c(N(c3ccc4ccccc4c3)c3cccc4ccccc34)ccc3c2C2C1=CC=C(N(c1ccccc1)c1ccc(-c4ccccc4)cc1)C2C=C3. The van der Waals surface area contributed by atoms with Crippen LogP contribution in [0.4, 0.5) is 28.4 Å². The molecule has 56 heavy (non-hydrogen) atoms. The second-order valence-electron chi connectivity index (χ2n) is 14.9. The van der Waals surface area contributed by atoms with Gasteiger partial charge in [0, 0.05) is 45.5 Å². The highest BCUT2D eigenvalue weighted by Gasteiger charge is 2.39. The molecule has 0 N–H and O–H groups in total. The standard InChI is InChI=1S/C54H38N2/c1-3-12-37(13-4-1)39-22-29-45(30-23-39)55(44-18-5-2-6-19-44)51-34-27-41-26-33-49-52(35-28-42-25-32-48(51)53(41)54(42)49)56(46-31-24-38-14-7-8-16-43(38)36-46)50-21-11-17-40-15-9-10-20-47(40)50/h1-36,48,53H. The monoisotopic (exact) mass is 714 g/mol. The summed E-state index contributed by atoms with van der Waals surface area (Å²) in [6, 6.07) is 66.1. The van der Waals surface area contributed by atoms with Gasteiger partial charge in [-0.25, -0.2) is 0 Å². The molecule has 2 heteroatoms. The molecule has 3 aliphatic carbocycles. The van der Waals surface area contributed by atoms with Crippen LogP contribution in [-0.4, -0.2) is 0 Å². The van der Waals surface area contributed by atoms with Crippen molar-refractivity contribution in [3.63, 3.8) is 0 Å². The molecular formula is C54H38N2. The zero-order valence-electron chi connectivity index (χ0n) is 30.8. The maximum Gasteiger partial charge on any atom is 0.0540 e. The topological polar surface area (TPSA) is 6.48 Å². The van der Waals surface area contributed by atoms with Crippen LogP contribution in [0.1, 0.15) is 22.6 Å². The summed E-state index contributed by atoms with van der Waals surface area (Å²) in [5.41, 5.74) is 14.8. The average Bonchev–Trinajstić information content (AvgIpc) is 3.27. The zero-order chi connectivity index (χ0) is 37.0. The lowest BCUT2D eigenvalue weighted by Gasteiger charge is -2.43. The van der Waals surface area contributed by atoms with Gasteiger partial charge in [-0.1, -0.05) is 164 Å². The normalized spacial score (nSPS) is 16.3. The van der Waals surface area contributed by atoms with E-state index in [1.807, 2.05) is 0 Å². The lowest BCUT2D eigenvalue weighted by molar-refractivity contribution is 0.619. The van der Waals surface area contributed by atoms with Crippen molar-refractivity contribution in [3.05, 3.63) is 234 Å². The molecule has 0 saturated carbocycles. The quantitative estimate of drug-likeness (QED) is 0.162. The Morgan fingerprint density at radius 1 is 0.411 bits per heavy atom. The second-order valence-corrected chi connectivity index (χ2v) is 14.9. The molecule has 0 radical (unpaired) electrons. The molecule has 0 amide bonds. The predicted octanol–water partition coefficient (Wildman–Crippen LogP) is 14.5. The Morgan fingerprint density at radius 2 is 1.09 bits per heavy atom. The molecule has 8 aromatic rings. The van der Waals surface area contributed by atoms with Crippen molar-refractivity contribution in [2.75, 3.05) is 9.80 Å². The van der Waals surface area contributed by atoms with Gasteiger partial charge in [0.15, 0.2) is 0 Å². The minimum Gasteiger partial charge on any atom is -0.314 e. The highest BCUT2D eigenvalue weighted by Crippen LogP contribution is 2.54. The van der Waals surface area contributed by atoms with Crippen molar-refractivity contribution in [1.29, 1.82) is 0 Å². The van der Waals surface area contributed by atoms with E-state index in [4.69, 9.17) is 0 Å². The molecule has 0 saturated heterocycles. The summed E-state index contributed by atoms with van der Waals surface area (Å²) in [4.78, 5) is 4.95. The Kier molecular flexibility index (Phi) is 7.67. The maximum absolute atomic E-state index is 2.49. The van der Waals surface area contributed by atoms with E-state index < -0.39 is 0 Å². The molecule has 2 unspecified atom stereocenters. The number of nitrogens with zero attached hydrogens (tertiary/aromatic N) is 2. The van der Waals surface area contributed by atoms with Gasteiger partial charge in [0.25, 0.3) is 0 Å². The van der Waals surface area contributed by atoms with Gasteiger partial charge in [0.1, 0.15) is 0 Å². The van der Waals surface area contributed by atoms with E-state index in [1.165, 1.54) is 72.0 Å². The van der Waals surface area contributed by atoms with Gasteiger partial charge < -0.3 is 9.80 Å². The molecule has 2 nitrogen and oxygen atoms in total. The van der Waals surface area contributed by atoms with E-state index in [0.29, 0.717) is 0 Å². The first-order valence-corrected chi connectivity index (χ1v) is 19.5. The summed E-state index contributed by atoms with van der Waals surface area (Å²) in [6.45, 7) is 0. The third-order valence-corrected chi connectivity index (χ3v) is 11.8. The molecule has 264 valence electrons. The number of hydrogen-bond acceptors (Lipinski definition) is 2. The van der Waals surface area contributed by atoms with Crippen molar-refractivity contribution in [1.82, 2.24) is 0 Å². The van der Waals surface area contributed by atoms with Crippen LogP contribution >= 0.6 is 0 Å². The van der Waals surface area contributed by atoms with Gasteiger partial charge in [-0.2, -0.15) is 0 Å². The number of rotatable bonds is 7. The molecule has 0 bridgehead atoms. The summed E-state index contributed by atoms with van der Waals surface area (Å²) in [7, 11) is 0. The van der Waals surface area contributed by atoms with Crippen LogP contribution in [0, 0.1) is 5.92 Å². The Bertz CT molecular complexity index is 2910. The fourth-order valence-corrected chi connectivity index (χ4v) is 9.19. The molecule has 0 heterocycles. The Labute approximate surface area is 327 Å². The summed E-state index contributed by atoms with van der Waals surface area (Å²) in [6.07, 6.45) is 14.2. The van der Waals surface area contributed by atoms with Crippen molar-refractivity contribution in [2.45, 2.75) is 5.92 Å². The molecule has 0 aromatic heterocycles. The third-order valence-electron chi connectivity index (χ3n) is 11.8. The summed E-state index contributed by atoms with van der Waals surface area (Å²) < 4.78 is 0. The van der Waals surface area contributed by atoms with Gasteiger partial charge in [0.2, 0.25) is 0 Å². The van der Waals surface area contributed by atoms with Crippen molar-refractivity contribution < 1.29 is 0 Å². The van der Waals surface area contributed by atoms with Gasteiger partial charge in [-0.15, -0.1) is 0 Å². The van der Waals surface area contributed by atoms with E-state index in [1.54, 1.807) is 0 Å². The molecule has 0 spiro atoms. The van der Waals surface area contributed by atoms with Crippen LogP contribution in [0.3, 0.4) is 0 Å². The Balaban J connectivity index is 1.06. The van der Waals surface area contributed by atoms with Gasteiger partial charge >= 0.3 is 0 Å². The van der Waals surface area contributed by atoms with Crippen LogP contribution in [0.2, 0.25) is 0 Å². The van der Waals surface area contributed by atoms with Crippen LogP contribution in [0.15, 0.2) is 218 Å². The average molecular weight is 715 g/mol. The fraction of sp³-hybridized carbons (Fsp3) is 0.0370. The van der Waals surface area contributed by atoms with E-state index in [0.717, 1.165) is 17.1 Å². The lowest BCUT2D eigenvalue weighted by Crippen LogP contribution is -2.31. The Hall–Kier alpha value is -7.16. The number of anilines is 5. The molecule has 2 atom stereocenters. The van der Waals surface area contributed by atoms with Crippen LogP contribution < -0.4 is 9.80 Å². The smallest absolute Gasteiger partial charge is 0.0540 e. The first kappa shape index (κ1) is 32.3. The predicted molar refractivity (Wildman–Crippen MR) is 237 cm³/mol. The number of para-hydroxylation sites is 1. The summed E-state index contributed by atoms with van der Waals surface area (Å²) in [5, 5.41) is 4.92. The van der Waals surface area contributed by atoms with Crippen molar-refractivity contribution in [2.24, 2.45) is 5.92 Å². The number of allylic oxidation sites excluding steroid dienone is 5. The number of hydrogen-bond donors (Lipinski definition) is 0. The first-order chi connectivity index (χ1) is 27.8. The minimum atomic E-state index is 0.141. The number of benzene rings is 8. The van der Waals surface area contributed by atoms with Gasteiger partial charge in [-0.05, 0) is 98.6 Å². The highest BCUT2D eigenvalue weighted by molar-refractivity contribution is 6.02. The van der Waals surface area contributed by atoms with Gasteiger partial charge in [0.05, 0.1) is 11.4 Å². The molecule has 0 fully saturated rings. The molecule has 11 rings (SSSR count). The Morgan fingerprint density at radius 3 is 1.93 bits per heavy atom. The third kappa shape index (κ3) is 5.33. The summed E-state index contributed by atoms with van der Waals surface area (Å²) >= 11 is 0. The maximum atomic E-state index is 2.49. The van der Waals surface area contributed by atoms with Crippen molar-refractivity contribution in [3.8, 4) is 11.1 Å². The minimum absolute atomic E-state index is 0.141. The van der Waals surface area contributed by atoms with Crippen LogP contribution in [0.5, 0.6) is 0 Å². The highest BCUT2D eigenvalue weighted by atomic mass is 15.2. The van der Waals surface area contributed by atoms with Gasteiger partial charge in [-0.3, -0.25) is 0 Å². The largest absolute Gasteiger partial charge is 0.314 e. The van der Waals surface area contributed by atoms with E-state index in [9.17, 15) is 0 Å². The molecule has 3 aliphatic rings. The van der Waals surface area contributed by atoms with E-state index in [2.05, 4.69) is 228 Å². The molecule has 8 aromatic carbocycles. The van der Waals surface area contributed by atoms with Crippen molar-refractivity contribution >= 4 is 62.1 Å². The molecular weight excluding hydrogens is 677 g/mol. The second kappa shape index (κ2) is 13.3. The first-order valence-electron chi connectivity index (χ1n) is 19.5.